The molecule has 3 amide bonds. The summed E-state index contributed by atoms with van der Waals surface area (Å²) in [6, 6.07) is 4.04. The molecule has 0 aliphatic carbocycles. The van der Waals surface area contributed by atoms with E-state index in [-0.39, 0.29) is 11.7 Å². The highest BCUT2D eigenvalue weighted by molar-refractivity contribution is 14.2. The van der Waals surface area contributed by atoms with Gasteiger partial charge in [0.05, 0.1) is 11.7 Å². The third-order valence-corrected chi connectivity index (χ3v) is 5.74. The Kier molecular flexibility index (Phi) is 13.0. The summed E-state index contributed by atoms with van der Waals surface area (Å²) in [7, 11) is 1.31. The molecule has 0 radical (unpaired) electrons. The lowest BCUT2D eigenvalue weighted by molar-refractivity contribution is -0.135. The Morgan fingerprint density at radius 2 is 2.00 bits per heavy atom. The van der Waals surface area contributed by atoms with Gasteiger partial charge in [-0.1, -0.05) is 32.8 Å². The maximum atomic E-state index is 13.4. The number of halogens is 2. The Morgan fingerprint density at radius 3 is 2.47 bits per heavy atom. The molecule has 1 saturated heterocycles. The first-order valence-corrected chi connectivity index (χ1v) is 14.7. The number of aliphatic hydroxyl groups excluding tert-OH is 1. The topological polar surface area (TPSA) is 108 Å². The van der Waals surface area contributed by atoms with Crippen molar-refractivity contribution in [1.82, 2.24) is 15.5 Å². The lowest BCUT2D eigenvalue weighted by atomic mass is 9.86. The number of benzene rings is 1. The molecule has 1 aromatic rings. The van der Waals surface area contributed by atoms with Crippen LogP contribution in [0.5, 0.6) is 0 Å². The van der Waals surface area contributed by atoms with Crippen LogP contribution in [-0.2, 0) is 20.9 Å². The van der Waals surface area contributed by atoms with Gasteiger partial charge < -0.3 is 25.4 Å². The number of alkyl carbamates (subject to hydrolysis) is 1. The second-order valence-electron chi connectivity index (χ2n) is 10.3. The number of carbonyl (C=O) groups excluding carboxylic acids is 3. The largest absolute Gasteiger partial charge is 0.444 e. The zero-order valence-electron chi connectivity index (χ0n) is 21.5. The van der Waals surface area contributed by atoms with Crippen LogP contribution in [0.15, 0.2) is 18.2 Å². The van der Waals surface area contributed by atoms with Crippen molar-refractivity contribution in [3.63, 3.8) is 0 Å². The standard InChI is InChI=1S/C15H28N2O4.C10H7FINOS/c1-14(2,3)11(16-13(20)21-15(4,5)6)12(19)17-8-7-10(18)9-17;11-10-5-8(6-13-7-14)1-2-9(10)3-4-15-12/h10-11,18H,7-9H2,1-6H3,(H,16,20);1-2,5,7H,6H2,(H,13,14)/t10?,11-;/m1./s1. The number of ether oxygens (including phenoxy) is 1. The summed E-state index contributed by atoms with van der Waals surface area (Å²) in [6.45, 7) is 12.2. The van der Waals surface area contributed by atoms with Gasteiger partial charge in [0, 0.05) is 40.8 Å². The van der Waals surface area contributed by atoms with Crippen LogP contribution in [0.4, 0.5) is 9.18 Å². The Hall–Kier alpha value is -2.04. The molecule has 200 valence electrons. The molecule has 11 heteroatoms. The highest BCUT2D eigenvalue weighted by Gasteiger charge is 2.38. The molecule has 1 heterocycles. The molecule has 1 unspecified atom stereocenters. The molecular formula is C25H35FIN3O5S. The van der Waals surface area contributed by atoms with E-state index in [4.69, 9.17) is 4.74 Å². The van der Waals surface area contributed by atoms with E-state index in [9.17, 15) is 23.9 Å². The minimum Gasteiger partial charge on any atom is -0.444 e. The van der Waals surface area contributed by atoms with Crippen LogP contribution in [0, 0.1) is 22.4 Å². The zero-order valence-corrected chi connectivity index (χ0v) is 24.5. The summed E-state index contributed by atoms with van der Waals surface area (Å²) >= 11 is 2.02. The maximum absolute atomic E-state index is 13.4. The monoisotopic (exact) mass is 635 g/mol. The van der Waals surface area contributed by atoms with E-state index in [0.29, 0.717) is 43.6 Å². The van der Waals surface area contributed by atoms with Crippen LogP contribution in [-0.4, -0.2) is 59.3 Å². The van der Waals surface area contributed by atoms with Crippen molar-refractivity contribution in [2.24, 2.45) is 5.41 Å². The molecule has 36 heavy (non-hydrogen) atoms. The van der Waals surface area contributed by atoms with Crippen molar-refractivity contribution in [3.8, 4) is 11.2 Å². The van der Waals surface area contributed by atoms with Gasteiger partial charge in [-0.25, -0.2) is 9.18 Å². The van der Waals surface area contributed by atoms with Gasteiger partial charge in [-0.2, -0.15) is 0 Å². The second kappa shape index (κ2) is 14.6. The van der Waals surface area contributed by atoms with Gasteiger partial charge in [0.15, 0.2) is 0 Å². The van der Waals surface area contributed by atoms with Crippen LogP contribution in [0.1, 0.15) is 59.1 Å². The number of hydrogen-bond donors (Lipinski definition) is 3. The van der Waals surface area contributed by atoms with E-state index in [0.717, 1.165) is 0 Å². The van der Waals surface area contributed by atoms with Gasteiger partial charge in [0.1, 0.15) is 17.5 Å². The fourth-order valence-electron chi connectivity index (χ4n) is 3.20. The van der Waals surface area contributed by atoms with E-state index < -0.39 is 29.3 Å². The van der Waals surface area contributed by atoms with Gasteiger partial charge >= 0.3 is 6.09 Å². The third-order valence-electron chi connectivity index (χ3n) is 4.90. The molecule has 1 aliphatic heterocycles. The highest BCUT2D eigenvalue weighted by atomic mass is 127. The Bertz CT molecular complexity index is 969. The quantitative estimate of drug-likeness (QED) is 0.257. The summed E-state index contributed by atoms with van der Waals surface area (Å²) in [6.07, 6.45) is 0.0829. The van der Waals surface area contributed by atoms with Crippen LogP contribution >= 0.6 is 30.1 Å². The number of hydrogen-bond acceptors (Lipinski definition) is 6. The van der Waals surface area contributed by atoms with Crippen LogP contribution < -0.4 is 10.6 Å². The lowest BCUT2D eigenvalue weighted by Crippen LogP contribution is -2.55. The van der Waals surface area contributed by atoms with E-state index in [2.05, 4.69) is 21.8 Å². The molecule has 1 aromatic carbocycles. The zero-order chi connectivity index (χ0) is 27.5. The summed E-state index contributed by atoms with van der Waals surface area (Å²) in [5.74, 6) is 2.15. The molecule has 0 spiro atoms. The second-order valence-corrected chi connectivity index (χ2v) is 12.0. The van der Waals surface area contributed by atoms with Gasteiger partial charge in [-0.05, 0) is 64.5 Å². The van der Waals surface area contributed by atoms with Crippen molar-refractivity contribution < 1.29 is 28.6 Å². The smallest absolute Gasteiger partial charge is 0.408 e. The Balaban J connectivity index is 0.000000381. The average Bonchev–Trinajstić information content (AvgIpc) is 3.20. The molecule has 8 nitrogen and oxygen atoms in total. The van der Waals surface area contributed by atoms with Gasteiger partial charge in [-0.15, -0.1) is 0 Å². The first-order chi connectivity index (χ1) is 16.7. The molecule has 0 saturated carbocycles. The maximum Gasteiger partial charge on any atom is 0.408 e. The summed E-state index contributed by atoms with van der Waals surface area (Å²) in [5.41, 5.74) is 0.0299. The molecule has 0 bridgehead atoms. The van der Waals surface area contributed by atoms with Crippen LogP contribution in [0.2, 0.25) is 0 Å². The van der Waals surface area contributed by atoms with Gasteiger partial charge in [0.2, 0.25) is 12.3 Å². The normalized spacial score (nSPS) is 16.0. The van der Waals surface area contributed by atoms with Gasteiger partial charge in [0.25, 0.3) is 0 Å². The molecule has 2 rings (SSSR count). The summed E-state index contributed by atoms with van der Waals surface area (Å²) in [5, 5.41) is 17.4. The fourth-order valence-corrected chi connectivity index (χ4v) is 3.68. The number of β-amino-alcohol motifs (C(OH)–C–C–N with tert-alkyl or cyclic N) is 1. The first-order valence-electron chi connectivity index (χ1n) is 11.4. The predicted molar refractivity (Wildman–Crippen MR) is 148 cm³/mol. The average molecular weight is 636 g/mol. The summed E-state index contributed by atoms with van der Waals surface area (Å²) in [4.78, 5) is 36.2. The Morgan fingerprint density at radius 1 is 1.33 bits per heavy atom. The number of rotatable bonds is 5. The number of nitrogens with one attached hydrogen (secondary N) is 2. The number of likely N-dealkylation sites (tertiary alicyclic amines) is 1. The van der Waals surface area contributed by atoms with Gasteiger partial charge in [-0.3, -0.25) is 9.59 Å². The minimum absolute atomic E-state index is 0.176. The number of aliphatic hydroxyl groups is 1. The van der Waals surface area contributed by atoms with E-state index in [1.54, 1.807) is 37.8 Å². The third kappa shape index (κ3) is 11.8. The summed E-state index contributed by atoms with van der Waals surface area (Å²) < 4.78 is 18.6. The highest BCUT2D eigenvalue weighted by Crippen LogP contribution is 2.23. The molecule has 2 atom stereocenters. The SMILES string of the molecule is CC(C)(C)OC(=O)N[C@H](C(=O)N1CCC(O)C1)C(C)(C)C.O=CNCc1ccc(C#CSI)c(F)c1. The van der Waals surface area contributed by atoms with Crippen LogP contribution in [0.25, 0.3) is 0 Å². The molecule has 0 aromatic heterocycles. The van der Waals surface area contributed by atoms with Crippen molar-refractivity contribution in [2.75, 3.05) is 13.1 Å². The van der Waals surface area contributed by atoms with E-state index >= 15 is 0 Å². The molecular weight excluding hydrogens is 600 g/mol. The number of nitrogens with zero attached hydrogens (tertiary/aromatic N) is 1. The van der Waals surface area contributed by atoms with Crippen molar-refractivity contribution in [2.45, 2.75) is 72.3 Å². The number of amides is 3. The Labute approximate surface area is 229 Å². The first kappa shape index (κ1) is 32.0. The number of carbonyl (C=O) groups is 3. The molecule has 1 aliphatic rings. The lowest BCUT2D eigenvalue weighted by Gasteiger charge is -2.34. The fraction of sp³-hybridized carbons (Fsp3) is 0.560. The predicted octanol–water partition coefficient (Wildman–Crippen LogP) is 3.98. The molecule has 3 N–H and O–H groups in total. The van der Waals surface area contributed by atoms with E-state index in [1.165, 1.54) is 15.0 Å². The van der Waals surface area contributed by atoms with Crippen molar-refractivity contribution >= 4 is 48.5 Å². The van der Waals surface area contributed by atoms with Crippen LogP contribution in [0.3, 0.4) is 0 Å². The van der Waals surface area contributed by atoms with Crippen molar-refractivity contribution in [3.05, 3.63) is 35.1 Å². The molecule has 1 fully saturated rings. The van der Waals surface area contributed by atoms with Crippen molar-refractivity contribution in [1.29, 1.82) is 0 Å². The minimum atomic E-state index is -0.683. The van der Waals surface area contributed by atoms with E-state index in [1.807, 2.05) is 42.0 Å².